The minimum Gasteiger partial charge on any atom is -0.493 e. The van der Waals surface area contributed by atoms with Crippen LogP contribution in [0, 0.1) is 0 Å². The summed E-state index contributed by atoms with van der Waals surface area (Å²) in [5.41, 5.74) is 0.760. The maximum atomic E-state index is 12.9. The summed E-state index contributed by atoms with van der Waals surface area (Å²) in [4.78, 5) is 14.7. The van der Waals surface area contributed by atoms with Gasteiger partial charge in [-0.3, -0.25) is 4.79 Å². The van der Waals surface area contributed by atoms with Crippen LogP contribution in [0.15, 0.2) is 60.7 Å². The number of hydrogen-bond donors (Lipinski definition) is 1. The lowest BCUT2D eigenvalue weighted by Crippen LogP contribution is -2.57. The lowest BCUT2D eigenvalue weighted by Gasteiger charge is -2.36. The molecule has 1 aliphatic heterocycles. The van der Waals surface area contributed by atoms with E-state index in [0.717, 1.165) is 28.6 Å². The predicted molar refractivity (Wildman–Crippen MR) is 129 cm³/mol. The normalized spacial score (nSPS) is 16.1. The molecule has 1 N–H and O–H groups in total. The van der Waals surface area contributed by atoms with Crippen LogP contribution in [0.3, 0.4) is 0 Å². The first kappa shape index (κ1) is 22.9. The van der Waals surface area contributed by atoms with Gasteiger partial charge in [0.15, 0.2) is 11.5 Å². The van der Waals surface area contributed by atoms with E-state index >= 15 is 0 Å². The Labute approximate surface area is 194 Å². The molecule has 4 rings (SSSR count). The van der Waals surface area contributed by atoms with Crippen LogP contribution in [0.5, 0.6) is 17.2 Å². The molecule has 1 saturated heterocycles. The zero-order valence-electron chi connectivity index (χ0n) is 19.1. The molecule has 174 valence electrons. The summed E-state index contributed by atoms with van der Waals surface area (Å²) in [6.45, 7) is 2.40. The summed E-state index contributed by atoms with van der Waals surface area (Å²) in [7, 11) is 3.27. The van der Waals surface area contributed by atoms with Crippen molar-refractivity contribution in [3.05, 3.63) is 60.7 Å². The number of rotatable bonds is 10. The van der Waals surface area contributed by atoms with E-state index in [1.54, 1.807) is 19.1 Å². The highest BCUT2D eigenvalue weighted by atomic mass is 16.5. The molecule has 0 aromatic heterocycles. The van der Waals surface area contributed by atoms with Crippen molar-refractivity contribution in [3.63, 3.8) is 0 Å². The third-order valence-electron chi connectivity index (χ3n) is 5.63. The van der Waals surface area contributed by atoms with Gasteiger partial charge in [0.2, 0.25) is 5.91 Å². The highest BCUT2D eigenvalue weighted by Crippen LogP contribution is 2.33. The number of hydrogen-bond acceptors (Lipinski definition) is 6. The molecule has 0 radical (unpaired) electrons. The molecule has 1 aliphatic rings. The lowest BCUT2D eigenvalue weighted by molar-refractivity contribution is -0.119. The van der Waals surface area contributed by atoms with E-state index in [-0.39, 0.29) is 18.5 Å². The van der Waals surface area contributed by atoms with Gasteiger partial charge in [0.05, 0.1) is 26.3 Å². The van der Waals surface area contributed by atoms with E-state index in [1.165, 1.54) is 0 Å². The van der Waals surface area contributed by atoms with Gasteiger partial charge in [-0.25, -0.2) is 0 Å². The Hall–Kier alpha value is -3.29. The van der Waals surface area contributed by atoms with Gasteiger partial charge in [-0.15, -0.1) is 0 Å². The molecule has 7 nitrogen and oxygen atoms in total. The minimum absolute atomic E-state index is 0.0103. The number of piperazine rings is 1. The van der Waals surface area contributed by atoms with E-state index < -0.39 is 0 Å². The summed E-state index contributed by atoms with van der Waals surface area (Å²) in [6.07, 6.45) is 0.763. The molecule has 33 heavy (non-hydrogen) atoms. The first-order valence-corrected chi connectivity index (χ1v) is 11.1. The molecule has 1 heterocycles. The smallest absolute Gasteiger partial charge is 0.241 e. The van der Waals surface area contributed by atoms with Crippen molar-refractivity contribution in [3.8, 4) is 17.2 Å². The van der Waals surface area contributed by atoms with Crippen molar-refractivity contribution in [2.75, 3.05) is 52.0 Å². The van der Waals surface area contributed by atoms with Crippen molar-refractivity contribution < 1.29 is 23.7 Å². The standard InChI is InChI=1S/C26H30N2O5/c1-30-12-5-13-32-25-15-21(9-11-24(25)31-2)28-22(16-27-17-26(28)29)18-33-23-10-8-19-6-3-4-7-20(19)14-23/h3-4,6-11,14-15,22,27H,5,12-13,16-18H2,1-2H3/t22-/m1/s1. The summed E-state index contributed by atoms with van der Waals surface area (Å²) in [5.74, 6) is 2.00. The van der Waals surface area contributed by atoms with Crippen LogP contribution < -0.4 is 24.4 Å². The molecule has 1 atom stereocenters. The maximum absolute atomic E-state index is 12.9. The number of methoxy groups -OCH3 is 2. The van der Waals surface area contributed by atoms with Crippen molar-refractivity contribution in [2.45, 2.75) is 12.5 Å². The van der Waals surface area contributed by atoms with Crippen molar-refractivity contribution in [1.82, 2.24) is 5.32 Å². The summed E-state index contributed by atoms with van der Waals surface area (Å²) >= 11 is 0. The lowest BCUT2D eigenvalue weighted by atomic mass is 10.1. The zero-order valence-corrected chi connectivity index (χ0v) is 19.1. The van der Waals surface area contributed by atoms with E-state index in [4.69, 9.17) is 18.9 Å². The molecule has 0 bridgehead atoms. The fourth-order valence-electron chi connectivity index (χ4n) is 3.98. The Morgan fingerprint density at radius 3 is 2.61 bits per heavy atom. The van der Waals surface area contributed by atoms with E-state index in [2.05, 4.69) is 17.4 Å². The number of nitrogens with one attached hydrogen (secondary N) is 1. The van der Waals surface area contributed by atoms with Crippen LogP contribution in [0.25, 0.3) is 10.8 Å². The number of amides is 1. The third-order valence-corrected chi connectivity index (χ3v) is 5.63. The van der Waals surface area contributed by atoms with Gasteiger partial charge in [0.25, 0.3) is 0 Å². The van der Waals surface area contributed by atoms with Gasteiger partial charge in [-0.2, -0.15) is 0 Å². The van der Waals surface area contributed by atoms with Crippen LogP contribution in [-0.4, -0.2) is 59.1 Å². The second-order valence-electron chi connectivity index (χ2n) is 7.90. The largest absolute Gasteiger partial charge is 0.493 e. The second-order valence-corrected chi connectivity index (χ2v) is 7.90. The fourth-order valence-corrected chi connectivity index (χ4v) is 3.98. The molecular formula is C26H30N2O5. The number of nitrogens with zero attached hydrogens (tertiary/aromatic N) is 1. The van der Waals surface area contributed by atoms with Gasteiger partial charge < -0.3 is 29.2 Å². The molecular weight excluding hydrogens is 420 g/mol. The zero-order chi connectivity index (χ0) is 23.0. The molecule has 0 aliphatic carbocycles. The SMILES string of the molecule is COCCCOc1cc(N2C(=O)CNC[C@@H]2COc2ccc3ccccc3c2)ccc1OC. The van der Waals surface area contributed by atoms with Gasteiger partial charge in [-0.1, -0.05) is 30.3 Å². The van der Waals surface area contributed by atoms with Crippen LogP contribution in [0.2, 0.25) is 0 Å². The van der Waals surface area contributed by atoms with Crippen molar-refractivity contribution in [1.29, 1.82) is 0 Å². The first-order valence-electron chi connectivity index (χ1n) is 11.1. The van der Waals surface area contributed by atoms with E-state index in [1.807, 2.05) is 48.5 Å². The maximum Gasteiger partial charge on any atom is 0.241 e. The van der Waals surface area contributed by atoms with E-state index in [9.17, 15) is 4.79 Å². The molecule has 1 amide bonds. The van der Waals surface area contributed by atoms with Crippen LogP contribution in [0.1, 0.15) is 6.42 Å². The van der Waals surface area contributed by atoms with Crippen LogP contribution in [0.4, 0.5) is 5.69 Å². The molecule has 3 aromatic rings. The Morgan fingerprint density at radius 1 is 0.939 bits per heavy atom. The Balaban J connectivity index is 1.50. The number of fused-ring (bicyclic) bond motifs is 1. The molecule has 7 heteroatoms. The average molecular weight is 451 g/mol. The highest BCUT2D eigenvalue weighted by Gasteiger charge is 2.30. The molecule has 0 saturated carbocycles. The number of carbonyl (C=O) groups is 1. The van der Waals surface area contributed by atoms with Gasteiger partial charge >= 0.3 is 0 Å². The Morgan fingerprint density at radius 2 is 1.79 bits per heavy atom. The molecule has 1 fully saturated rings. The number of carbonyl (C=O) groups excluding carboxylic acids is 1. The fraction of sp³-hybridized carbons (Fsp3) is 0.346. The van der Waals surface area contributed by atoms with Gasteiger partial charge in [0.1, 0.15) is 12.4 Å². The summed E-state index contributed by atoms with van der Waals surface area (Å²) in [6, 6.07) is 19.6. The number of ether oxygens (including phenoxy) is 4. The molecule has 3 aromatic carbocycles. The molecule has 0 unspecified atom stereocenters. The van der Waals surface area contributed by atoms with Crippen LogP contribution in [-0.2, 0) is 9.53 Å². The average Bonchev–Trinajstić information content (AvgIpc) is 2.85. The predicted octanol–water partition coefficient (Wildman–Crippen LogP) is 3.65. The minimum atomic E-state index is -0.160. The quantitative estimate of drug-likeness (QED) is 0.476. The third kappa shape index (κ3) is 5.56. The second kappa shape index (κ2) is 11.0. The first-order chi connectivity index (χ1) is 16.2. The van der Waals surface area contributed by atoms with Crippen molar-refractivity contribution in [2.24, 2.45) is 0 Å². The van der Waals surface area contributed by atoms with E-state index in [0.29, 0.717) is 37.9 Å². The Bertz CT molecular complexity index is 1090. The van der Waals surface area contributed by atoms with Gasteiger partial charge in [-0.05, 0) is 35.0 Å². The number of anilines is 1. The number of benzene rings is 3. The Kier molecular flexibility index (Phi) is 7.65. The van der Waals surface area contributed by atoms with Gasteiger partial charge in [0, 0.05) is 38.4 Å². The van der Waals surface area contributed by atoms with Crippen LogP contribution >= 0.6 is 0 Å². The highest BCUT2D eigenvalue weighted by molar-refractivity contribution is 5.96. The summed E-state index contributed by atoms with van der Waals surface area (Å²) in [5, 5.41) is 5.48. The topological polar surface area (TPSA) is 69.3 Å². The van der Waals surface area contributed by atoms with Crippen molar-refractivity contribution >= 4 is 22.4 Å². The summed E-state index contributed by atoms with van der Waals surface area (Å²) < 4.78 is 22.6. The monoisotopic (exact) mass is 450 g/mol. The molecule has 0 spiro atoms.